The number of halogens is 2. The van der Waals surface area contributed by atoms with E-state index in [1.54, 1.807) is 37.6 Å². The van der Waals surface area contributed by atoms with Gasteiger partial charge >= 0.3 is 6.03 Å². The van der Waals surface area contributed by atoms with E-state index in [9.17, 15) is 4.79 Å². The van der Waals surface area contributed by atoms with Crippen LogP contribution in [0, 0.1) is 11.8 Å². The number of aromatic nitrogens is 1. The number of urea groups is 1. The molecular formula is C27H30Cl2N4O2. The minimum Gasteiger partial charge on any atom is -0.497 e. The second kappa shape index (κ2) is 12.2. The van der Waals surface area contributed by atoms with E-state index < -0.39 is 0 Å². The predicted molar refractivity (Wildman–Crippen MR) is 141 cm³/mol. The molecule has 2 amide bonds. The van der Waals surface area contributed by atoms with Crippen molar-refractivity contribution in [1.82, 2.24) is 15.2 Å². The van der Waals surface area contributed by atoms with Crippen LogP contribution in [0.5, 0.6) is 5.75 Å². The van der Waals surface area contributed by atoms with Crippen molar-refractivity contribution >= 4 is 34.9 Å². The second-order valence-electron chi connectivity index (χ2n) is 8.95. The molecule has 0 saturated carbocycles. The molecule has 8 heteroatoms. The summed E-state index contributed by atoms with van der Waals surface area (Å²) in [4.78, 5) is 19.2. The summed E-state index contributed by atoms with van der Waals surface area (Å²) in [5.41, 5.74) is 3.09. The fraction of sp³-hybridized carbons (Fsp3) is 0.333. The average molecular weight is 513 g/mol. The molecule has 3 aromatic rings. The first-order chi connectivity index (χ1) is 17.0. The van der Waals surface area contributed by atoms with Gasteiger partial charge < -0.3 is 15.4 Å². The summed E-state index contributed by atoms with van der Waals surface area (Å²) in [6, 6.07) is 17.1. The SMILES string of the molecule is COc1ccc(CC2CN(Cc3cncc(Cl)c3)CCC2CNC(=O)Nc2ccc(Cl)cc2)cc1. The van der Waals surface area contributed by atoms with Crippen LogP contribution in [0.25, 0.3) is 0 Å². The van der Waals surface area contributed by atoms with Crippen LogP contribution in [-0.4, -0.2) is 42.7 Å². The summed E-state index contributed by atoms with van der Waals surface area (Å²) in [5, 5.41) is 7.25. The van der Waals surface area contributed by atoms with Crippen molar-refractivity contribution in [2.45, 2.75) is 19.4 Å². The number of carbonyl (C=O) groups excluding carboxylic acids is 1. The summed E-state index contributed by atoms with van der Waals surface area (Å²) in [6.45, 7) is 3.32. The molecule has 6 nitrogen and oxygen atoms in total. The third-order valence-electron chi connectivity index (χ3n) is 6.43. The maximum Gasteiger partial charge on any atom is 0.319 e. The number of hydrogen-bond donors (Lipinski definition) is 2. The Morgan fingerprint density at radius 3 is 2.51 bits per heavy atom. The lowest BCUT2D eigenvalue weighted by molar-refractivity contribution is 0.112. The van der Waals surface area contributed by atoms with Crippen LogP contribution in [0.4, 0.5) is 10.5 Å². The Kier molecular flexibility index (Phi) is 8.85. The molecule has 184 valence electrons. The topological polar surface area (TPSA) is 66.5 Å². The Hall–Kier alpha value is -2.80. The Balaban J connectivity index is 1.39. The fourth-order valence-electron chi connectivity index (χ4n) is 4.60. The molecule has 0 aliphatic carbocycles. The smallest absolute Gasteiger partial charge is 0.319 e. The number of ether oxygens (including phenoxy) is 1. The van der Waals surface area contributed by atoms with E-state index in [1.807, 2.05) is 24.4 Å². The third kappa shape index (κ3) is 7.59. The van der Waals surface area contributed by atoms with E-state index in [0.717, 1.165) is 43.8 Å². The lowest BCUT2D eigenvalue weighted by atomic mass is 9.81. The number of piperidine rings is 1. The van der Waals surface area contributed by atoms with Gasteiger partial charge in [-0.1, -0.05) is 35.3 Å². The minimum atomic E-state index is -0.206. The summed E-state index contributed by atoms with van der Waals surface area (Å²) in [5.74, 6) is 1.60. The van der Waals surface area contributed by atoms with Crippen LogP contribution < -0.4 is 15.4 Å². The van der Waals surface area contributed by atoms with Crippen LogP contribution in [0.1, 0.15) is 17.5 Å². The van der Waals surface area contributed by atoms with Gasteiger partial charge in [0.05, 0.1) is 12.1 Å². The zero-order valence-electron chi connectivity index (χ0n) is 19.7. The first-order valence-electron chi connectivity index (χ1n) is 11.7. The molecule has 2 N–H and O–H groups in total. The first kappa shape index (κ1) is 25.3. The first-order valence-corrected chi connectivity index (χ1v) is 12.5. The van der Waals surface area contributed by atoms with E-state index >= 15 is 0 Å². The van der Waals surface area contributed by atoms with Gasteiger partial charge in [-0.2, -0.15) is 0 Å². The van der Waals surface area contributed by atoms with Gasteiger partial charge in [-0.05, 0) is 84.8 Å². The number of methoxy groups -OCH3 is 1. The highest BCUT2D eigenvalue weighted by Crippen LogP contribution is 2.28. The normalized spacial score (nSPS) is 18.1. The molecule has 1 aromatic heterocycles. The Labute approximate surface area is 216 Å². The van der Waals surface area contributed by atoms with Crippen molar-refractivity contribution in [2.24, 2.45) is 11.8 Å². The second-order valence-corrected chi connectivity index (χ2v) is 9.82. The van der Waals surface area contributed by atoms with Crippen molar-refractivity contribution < 1.29 is 9.53 Å². The number of likely N-dealkylation sites (tertiary alicyclic amines) is 1. The number of benzene rings is 2. The van der Waals surface area contributed by atoms with Crippen molar-refractivity contribution in [2.75, 3.05) is 32.1 Å². The standard InChI is InChI=1S/C27H30Cl2N4O2/c1-35-26-8-2-19(3-9-26)12-22-18-33(17-20-13-24(29)16-30-14-20)11-10-21(22)15-31-27(34)32-25-6-4-23(28)5-7-25/h2-9,13-14,16,21-22H,10-12,15,17-18H2,1H3,(H2,31,32,34). The van der Waals surface area contributed by atoms with E-state index in [4.69, 9.17) is 27.9 Å². The van der Waals surface area contributed by atoms with Crippen LogP contribution in [0.2, 0.25) is 10.0 Å². The molecule has 1 fully saturated rings. The average Bonchev–Trinajstić information content (AvgIpc) is 2.85. The molecule has 0 radical (unpaired) electrons. The van der Waals surface area contributed by atoms with Gasteiger partial charge in [0, 0.05) is 42.7 Å². The number of hydrogen-bond acceptors (Lipinski definition) is 4. The lowest BCUT2D eigenvalue weighted by Crippen LogP contribution is -2.45. The molecule has 4 rings (SSSR count). The van der Waals surface area contributed by atoms with Crippen molar-refractivity contribution in [3.05, 3.63) is 88.2 Å². The molecule has 2 aromatic carbocycles. The van der Waals surface area contributed by atoms with Gasteiger partial charge in [-0.3, -0.25) is 9.88 Å². The molecule has 1 saturated heterocycles. The number of rotatable bonds is 8. The molecule has 0 spiro atoms. The third-order valence-corrected chi connectivity index (χ3v) is 6.89. The predicted octanol–water partition coefficient (Wildman–Crippen LogP) is 5.90. The lowest BCUT2D eigenvalue weighted by Gasteiger charge is -2.39. The molecule has 2 atom stereocenters. The minimum absolute atomic E-state index is 0.206. The van der Waals surface area contributed by atoms with Gasteiger partial charge in [0.25, 0.3) is 0 Å². The van der Waals surface area contributed by atoms with E-state index in [1.165, 1.54) is 5.56 Å². The zero-order valence-corrected chi connectivity index (χ0v) is 21.2. The van der Waals surface area contributed by atoms with Gasteiger partial charge in [0.15, 0.2) is 0 Å². The molecule has 1 aliphatic heterocycles. The molecule has 2 unspecified atom stereocenters. The monoisotopic (exact) mass is 512 g/mol. The molecule has 1 aliphatic rings. The van der Waals surface area contributed by atoms with Gasteiger partial charge in [-0.15, -0.1) is 0 Å². The van der Waals surface area contributed by atoms with Gasteiger partial charge in [0.1, 0.15) is 5.75 Å². The highest BCUT2D eigenvalue weighted by molar-refractivity contribution is 6.30. The summed E-state index contributed by atoms with van der Waals surface area (Å²) in [7, 11) is 1.68. The fourth-order valence-corrected chi connectivity index (χ4v) is 4.92. The van der Waals surface area contributed by atoms with Crippen LogP contribution in [-0.2, 0) is 13.0 Å². The number of nitrogens with zero attached hydrogens (tertiary/aromatic N) is 2. The molecule has 0 bridgehead atoms. The van der Waals surface area contributed by atoms with Crippen LogP contribution in [0.15, 0.2) is 67.0 Å². The quantitative estimate of drug-likeness (QED) is 0.394. The van der Waals surface area contributed by atoms with Gasteiger partial charge in [0.2, 0.25) is 0 Å². The Morgan fingerprint density at radius 2 is 1.80 bits per heavy atom. The van der Waals surface area contributed by atoms with E-state index in [2.05, 4.69) is 32.7 Å². The van der Waals surface area contributed by atoms with Crippen molar-refractivity contribution in [3.8, 4) is 5.75 Å². The summed E-state index contributed by atoms with van der Waals surface area (Å²) >= 11 is 12.1. The number of anilines is 1. The zero-order chi connectivity index (χ0) is 24.6. The largest absolute Gasteiger partial charge is 0.497 e. The van der Waals surface area contributed by atoms with Crippen LogP contribution in [0.3, 0.4) is 0 Å². The Bertz CT molecular complexity index is 1110. The number of nitrogens with one attached hydrogen (secondary N) is 2. The van der Waals surface area contributed by atoms with E-state index in [-0.39, 0.29) is 6.03 Å². The highest BCUT2D eigenvalue weighted by Gasteiger charge is 2.30. The Morgan fingerprint density at radius 1 is 1.03 bits per heavy atom. The van der Waals surface area contributed by atoms with Crippen molar-refractivity contribution in [3.63, 3.8) is 0 Å². The summed E-state index contributed by atoms with van der Waals surface area (Å²) < 4.78 is 5.31. The molecule has 2 heterocycles. The number of pyridine rings is 1. The maximum absolute atomic E-state index is 12.5. The maximum atomic E-state index is 12.5. The van der Waals surface area contributed by atoms with E-state index in [0.29, 0.717) is 34.1 Å². The number of carbonyl (C=O) groups is 1. The van der Waals surface area contributed by atoms with Crippen molar-refractivity contribution in [1.29, 1.82) is 0 Å². The molecular weight excluding hydrogens is 483 g/mol. The number of amides is 2. The highest BCUT2D eigenvalue weighted by atomic mass is 35.5. The van der Waals surface area contributed by atoms with Crippen LogP contribution >= 0.6 is 23.2 Å². The molecule has 35 heavy (non-hydrogen) atoms. The van der Waals surface area contributed by atoms with Gasteiger partial charge in [-0.25, -0.2) is 4.79 Å². The summed E-state index contributed by atoms with van der Waals surface area (Å²) in [6.07, 6.45) is 5.46.